The summed E-state index contributed by atoms with van der Waals surface area (Å²) < 4.78 is 6.78. The minimum Gasteiger partial charge on any atom is -0.441 e. The highest BCUT2D eigenvalue weighted by Crippen LogP contribution is 2.28. The lowest BCUT2D eigenvalue weighted by Gasteiger charge is -2.09. The molecule has 2 aromatic carbocycles. The van der Waals surface area contributed by atoms with Gasteiger partial charge in [-0.2, -0.15) is 0 Å². The largest absolute Gasteiger partial charge is 0.441 e. The summed E-state index contributed by atoms with van der Waals surface area (Å²) in [5.74, 6) is 1.22. The van der Waals surface area contributed by atoms with Crippen LogP contribution in [-0.4, -0.2) is 10.1 Å². The van der Waals surface area contributed by atoms with Crippen molar-refractivity contribution in [3.05, 3.63) is 76.1 Å². The summed E-state index contributed by atoms with van der Waals surface area (Å²) >= 11 is 3.54. The molecule has 0 amide bonds. The molecule has 0 radical (unpaired) electrons. The Balaban J connectivity index is 1.74. The van der Waals surface area contributed by atoms with Gasteiger partial charge < -0.3 is 9.52 Å². The summed E-state index contributed by atoms with van der Waals surface area (Å²) in [7, 11) is 0. The molecule has 1 heterocycles. The van der Waals surface area contributed by atoms with Crippen molar-refractivity contribution in [1.82, 2.24) is 4.98 Å². The van der Waals surface area contributed by atoms with Crippen LogP contribution in [0.3, 0.4) is 0 Å². The molecule has 0 saturated carbocycles. The van der Waals surface area contributed by atoms with E-state index in [0.717, 1.165) is 16.5 Å². The van der Waals surface area contributed by atoms with E-state index < -0.39 is 6.10 Å². The standard InChI is InChI=1S/C19H18BrNO2/c1-13-18(21-19(23-13)15-8-3-2-4-9-15)17(22)12-11-14-7-5-6-10-16(14)20/h2-10,17,22H,11-12H2,1H3. The Kier molecular flexibility index (Phi) is 4.94. The van der Waals surface area contributed by atoms with Crippen LogP contribution in [-0.2, 0) is 6.42 Å². The van der Waals surface area contributed by atoms with Gasteiger partial charge in [0.25, 0.3) is 0 Å². The Morgan fingerprint density at radius 1 is 1.09 bits per heavy atom. The van der Waals surface area contributed by atoms with Crippen molar-refractivity contribution in [1.29, 1.82) is 0 Å². The maximum absolute atomic E-state index is 10.5. The summed E-state index contributed by atoms with van der Waals surface area (Å²) in [6, 6.07) is 17.8. The minimum absolute atomic E-state index is 0.554. The molecule has 1 atom stereocenters. The molecule has 1 N–H and O–H groups in total. The molecule has 4 heteroatoms. The van der Waals surface area contributed by atoms with Crippen LogP contribution in [0, 0.1) is 6.92 Å². The number of oxazole rings is 1. The summed E-state index contributed by atoms with van der Waals surface area (Å²) in [4.78, 5) is 4.49. The zero-order valence-electron chi connectivity index (χ0n) is 12.9. The molecular weight excluding hydrogens is 354 g/mol. The summed E-state index contributed by atoms with van der Waals surface area (Å²) in [6.07, 6.45) is 0.739. The second-order valence-electron chi connectivity index (χ2n) is 5.47. The first-order valence-corrected chi connectivity index (χ1v) is 8.38. The SMILES string of the molecule is Cc1oc(-c2ccccc2)nc1C(O)CCc1ccccc1Br. The van der Waals surface area contributed by atoms with E-state index in [4.69, 9.17) is 4.42 Å². The third-order valence-electron chi connectivity index (χ3n) is 3.81. The highest BCUT2D eigenvalue weighted by Gasteiger charge is 2.18. The maximum atomic E-state index is 10.5. The predicted molar refractivity (Wildman–Crippen MR) is 94.1 cm³/mol. The topological polar surface area (TPSA) is 46.3 Å². The van der Waals surface area contributed by atoms with Gasteiger partial charge in [0.1, 0.15) is 11.5 Å². The number of rotatable bonds is 5. The monoisotopic (exact) mass is 371 g/mol. The van der Waals surface area contributed by atoms with Crippen molar-refractivity contribution < 1.29 is 9.52 Å². The van der Waals surface area contributed by atoms with Crippen LogP contribution in [0.1, 0.15) is 29.5 Å². The summed E-state index contributed by atoms with van der Waals surface area (Å²) in [5, 5.41) is 10.5. The number of aromatic nitrogens is 1. The number of halogens is 1. The normalized spacial score (nSPS) is 12.3. The molecule has 0 spiro atoms. The van der Waals surface area contributed by atoms with Crippen LogP contribution in [0.4, 0.5) is 0 Å². The molecule has 1 unspecified atom stereocenters. The molecule has 0 bridgehead atoms. The van der Waals surface area contributed by atoms with E-state index in [1.807, 2.05) is 55.5 Å². The third-order valence-corrected chi connectivity index (χ3v) is 4.59. The van der Waals surface area contributed by atoms with Crippen molar-refractivity contribution in [2.45, 2.75) is 25.9 Å². The van der Waals surface area contributed by atoms with Gasteiger partial charge >= 0.3 is 0 Å². The first kappa shape index (κ1) is 16.0. The van der Waals surface area contributed by atoms with Crippen molar-refractivity contribution in [2.75, 3.05) is 0 Å². The van der Waals surface area contributed by atoms with E-state index in [0.29, 0.717) is 23.8 Å². The van der Waals surface area contributed by atoms with Crippen LogP contribution < -0.4 is 0 Å². The van der Waals surface area contributed by atoms with Crippen molar-refractivity contribution in [2.24, 2.45) is 0 Å². The van der Waals surface area contributed by atoms with Gasteiger partial charge in [-0.05, 0) is 43.5 Å². The number of benzene rings is 2. The van der Waals surface area contributed by atoms with Gasteiger partial charge in [0.2, 0.25) is 5.89 Å². The molecular formula is C19H18BrNO2. The van der Waals surface area contributed by atoms with Crippen LogP contribution in [0.5, 0.6) is 0 Å². The van der Waals surface area contributed by atoms with Crippen molar-refractivity contribution >= 4 is 15.9 Å². The fourth-order valence-corrected chi connectivity index (χ4v) is 3.03. The van der Waals surface area contributed by atoms with E-state index in [-0.39, 0.29) is 0 Å². The summed E-state index contributed by atoms with van der Waals surface area (Å²) in [5.41, 5.74) is 2.71. The van der Waals surface area contributed by atoms with Gasteiger partial charge in [0.15, 0.2) is 0 Å². The quantitative estimate of drug-likeness (QED) is 0.680. The highest BCUT2D eigenvalue weighted by atomic mass is 79.9. The van der Waals surface area contributed by atoms with E-state index >= 15 is 0 Å². The van der Waals surface area contributed by atoms with Gasteiger partial charge in [-0.25, -0.2) is 4.98 Å². The smallest absolute Gasteiger partial charge is 0.226 e. The van der Waals surface area contributed by atoms with Gasteiger partial charge in [0.05, 0.1) is 6.10 Å². The lowest BCUT2D eigenvalue weighted by atomic mass is 10.0. The average Bonchev–Trinajstić information content (AvgIpc) is 2.97. The minimum atomic E-state index is -0.636. The van der Waals surface area contributed by atoms with Crippen LogP contribution in [0.15, 0.2) is 63.5 Å². The zero-order chi connectivity index (χ0) is 16.2. The molecule has 0 aliphatic carbocycles. The molecule has 0 aliphatic rings. The highest BCUT2D eigenvalue weighted by molar-refractivity contribution is 9.10. The van der Waals surface area contributed by atoms with Gasteiger partial charge in [-0.15, -0.1) is 0 Å². The number of aliphatic hydroxyl groups excluding tert-OH is 1. The number of aryl methyl sites for hydroxylation is 2. The van der Waals surface area contributed by atoms with Crippen LogP contribution in [0.2, 0.25) is 0 Å². The van der Waals surface area contributed by atoms with E-state index in [9.17, 15) is 5.11 Å². The van der Waals surface area contributed by atoms with Gasteiger partial charge in [0, 0.05) is 10.0 Å². The van der Waals surface area contributed by atoms with E-state index in [1.165, 1.54) is 5.56 Å². The first-order valence-electron chi connectivity index (χ1n) is 7.59. The molecule has 3 aromatic rings. The van der Waals surface area contributed by atoms with E-state index in [2.05, 4.69) is 27.0 Å². The molecule has 1 aromatic heterocycles. The molecule has 0 saturated heterocycles. The van der Waals surface area contributed by atoms with Crippen molar-refractivity contribution in [3.8, 4) is 11.5 Å². The van der Waals surface area contributed by atoms with Crippen molar-refractivity contribution in [3.63, 3.8) is 0 Å². The number of aliphatic hydroxyl groups is 1. The number of hydrogen-bond donors (Lipinski definition) is 1. The maximum Gasteiger partial charge on any atom is 0.226 e. The fraction of sp³-hybridized carbons (Fsp3) is 0.211. The van der Waals surface area contributed by atoms with Crippen LogP contribution in [0.25, 0.3) is 11.5 Å². The summed E-state index contributed by atoms with van der Waals surface area (Å²) in [6.45, 7) is 1.84. The van der Waals surface area contributed by atoms with Gasteiger partial charge in [-0.1, -0.05) is 52.3 Å². The zero-order valence-corrected chi connectivity index (χ0v) is 14.5. The molecule has 118 valence electrons. The Morgan fingerprint density at radius 2 is 1.78 bits per heavy atom. The Hall–Kier alpha value is -1.91. The fourth-order valence-electron chi connectivity index (χ4n) is 2.55. The molecule has 0 fully saturated rings. The molecule has 3 rings (SSSR count). The molecule has 3 nitrogen and oxygen atoms in total. The Morgan fingerprint density at radius 3 is 2.52 bits per heavy atom. The second kappa shape index (κ2) is 7.11. The second-order valence-corrected chi connectivity index (χ2v) is 6.33. The number of nitrogens with zero attached hydrogens (tertiary/aromatic N) is 1. The first-order chi connectivity index (χ1) is 11.1. The predicted octanol–water partition coefficient (Wildman–Crippen LogP) is 5.08. The molecule has 23 heavy (non-hydrogen) atoms. The molecule has 0 aliphatic heterocycles. The third kappa shape index (κ3) is 3.71. The van der Waals surface area contributed by atoms with E-state index in [1.54, 1.807) is 0 Å². The van der Waals surface area contributed by atoms with Crippen LogP contribution >= 0.6 is 15.9 Å². The Bertz CT molecular complexity index is 783. The Labute approximate surface area is 144 Å². The lowest BCUT2D eigenvalue weighted by Crippen LogP contribution is -2.02. The average molecular weight is 372 g/mol. The lowest BCUT2D eigenvalue weighted by molar-refractivity contribution is 0.162. The number of hydrogen-bond acceptors (Lipinski definition) is 3. The van der Waals surface area contributed by atoms with Gasteiger partial charge in [-0.3, -0.25) is 0 Å².